The minimum absolute atomic E-state index is 0.0336. The van der Waals surface area contributed by atoms with Crippen molar-refractivity contribution >= 4 is 11.5 Å². The number of carbonyl (C=O) groups excluding carboxylic acids is 1. The zero-order valence-electron chi connectivity index (χ0n) is 18.4. The Morgan fingerprint density at radius 3 is 2.68 bits per heavy atom. The summed E-state index contributed by atoms with van der Waals surface area (Å²) in [4.78, 5) is 18.2. The highest BCUT2D eigenvalue weighted by atomic mass is 16.7. The topological polar surface area (TPSA) is 62.4 Å². The van der Waals surface area contributed by atoms with Crippen molar-refractivity contribution in [2.75, 3.05) is 0 Å². The number of allylic oxidation sites excluding steroid dienone is 1. The van der Waals surface area contributed by atoms with Crippen molar-refractivity contribution in [3.8, 4) is 6.07 Å². The van der Waals surface area contributed by atoms with Crippen molar-refractivity contribution < 1.29 is 9.63 Å². The first-order valence-electron chi connectivity index (χ1n) is 11.9. The molecule has 4 nitrogen and oxygen atoms in total. The fraction of sp³-hybridized carbons (Fsp3) is 0.593. The van der Waals surface area contributed by atoms with Crippen LogP contribution in [0.25, 0.3) is 0 Å². The molecule has 31 heavy (non-hydrogen) atoms. The summed E-state index contributed by atoms with van der Waals surface area (Å²) in [5, 5.41) is 15.0. The number of nitrogens with zero attached hydrogens (tertiary/aromatic N) is 2. The molecule has 0 N–H and O–H groups in total. The molecule has 0 spiro atoms. The van der Waals surface area contributed by atoms with Gasteiger partial charge >= 0.3 is 0 Å². The van der Waals surface area contributed by atoms with Gasteiger partial charge in [-0.1, -0.05) is 54.9 Å². The third-order valence-corrected chi connectivity index (χ3v) is 10.0. The van der Waals surface area contributed by atoms with E-state index in [1.54, 1.807) is 0 Å². The van der Waals surface area contributed by atoms with Gasteiger partial charge in [-0.15, -0.1) is 0 Å². The quantitative estimate of drug-likeness (QED) is 0.614. The van der Waals surface area contributed by atoms with Crippen LogP contribution in [0.1, 0.15) is 64.4 Å². The predicted octanol–water partition coefficient (Wildman–Crippen LogP) is 5.44. The van der Waals surface area contributed by atoms with E-state index in [4.69, 9.17) is 4.84 Å². The Hall–Kier alpha value is -2.41. The zero-order valence-corrected chi connectivity index (χ0v) is 18.4. The molecule has 6 rings (SSSR count). The van der Waals surface area contributed by atoms with E-state index in [1.165, 1.54) is 5.57 Å². The number of benzene rings is 1. The first kappa shape index (κ1) is 19.3. The van der Waals surface area contributed by atoms with E-state index in [0.29, 0.717) is 30.0 Å². The molecule has 0 bridgehead atoms. The van der Waals surface area contributed by atoms with Crippen molar-refractivity contribution in [1.82, 2.24) is 0 Å². The van der Waals surface area contributed by atoms with E-state index in [-0.39, 0.29) is 16.7 Å². The molecule has 4 heteroatoms. The number of oxime groups is 1. The largest absolute Gasteiger partial charge is 0.372 e. The van der Waals surface area contributed by atoms with Crippen LogP contribution >= 0.6 is 0 Å². The standard InChI is InChI=1S/C27H30N2O2/c1-25-12-10-19(30)14-18(25)8-9-20-21(25)11-13-26(2)22(20)15-23-24(17-6-4-3-5-7-17)29-31-27(23,26)16-28/h3-7,14,20-23H,8-13,15H2,1-2H3/t20-,21+,22+,23+,25+,26+,27-/m1/s1. The van der Waals surface area contributed by atoms with E-state index < -0.39 is 5.60 Å². The average Bonchev–Trinajstić information content (AvgIpc) is 3.28. The summed E-state index contributed by atoms with van der Waals surface area (Å²) in [5.41, 5.74) is 2.54. The minimum atomic E-state index is -0.854. The number of fused-ring (bicyclic) bond motifs is 7. The van der Waals surface area contributed by atoms with Gasteiger partial charge in [0.25, 0.3) is 0 Å². The van der Waals surface area contributed by atoms with Crippen LogP contribution in [-0.2, 0) is 9.63 Å². The fourth-order valence-corrected chi connectivity index (χ4v) is 8.34. The Balaban J connectivity index is 1.39. The molecule has 1 aromatic rings. The van der Waals surface area contributed by atoms with Crippen molar-refractivity contribution in [3.05, 3.63) is 47.5 Å². The molecule has 0 unspecified atom stereocenters. The molecule has 3 saturated carbocycles. The Labute approximate surface area is 184 Å². The molecule has 1 heterocycles. The summed E-state index contributed by atoms with van der Waals surface area (Å²) in [7, 11) is 0. The number of ketones is 1. The highest BCUT2D eigenvalue weighted by Crippen LogP contribution is 2.70. The van der Waals surface area contributed by atoms with Gasteiger partial charge in [-0.25, -0.2) is 0 Å². The normalized spacial score (nSPS) is 45.3. The second-order valence-electron chi connectivity index (χ2n) is 11.0. The molecule has 1 aliphatic heterocycles. The second-order valence-corrected chi connectivity index (χ2v) is 11.0. The van der Waals surface area contributed by atoms with Crippen LogP contribution in [0, 0.1) is 45.8 Å². The SMILES string of the molecule is C[C@]12CCC(=O)C=C1CC[C@@H]1[C@@H]2CC[C@@]2(C)[C@H]1C[C@H]1C(c3ccccc3)=NO[C@]12C#N. The number of nitriles is 1. The molecule has 5 aliphatic rings. The maximum Gasteiger partial charge on any atom is 0.236 e. The zero-order chi connectivity index (χ0) is 21.4. The lowest BCUT2D eigenvalue weighted by molar-refractivity contribution is -0.129. The molecule has 7 atom stereocenters. The van der Waals surface area contributed by atoms with Crippen molar-refractivity contribution in [2.45, 2.75) is 64.4 Å². The van der Waals surface area contributed by atoms with Crippen molar-refractivity contribution in [1.29, 1.82) is 5.26 Å². The minimum Gasteiger partial charge on any atom is -0.372 e. The summed E-state index contributed by atoms with van der Waals surface area (Å²) >= 11 is 0. The lowest BCUT2D eigenvalue weighted by atomic mass is 9.46. The Morgan fingerprint density at radius 2 is 1.90 bits per heavy atom. The molecule has 0 saturated heterocycles. The Morgan fingerprint density at radius 1 is 1.10 bits per heavy atom. The third kappa shape index (κ3) is 2.30. The van der Waals surface area contributed by atoms with Crippen molar-refractivity contribution in [3.63, 3.8) is 0 Å². The van der Waals surface area contributed by atoms with Crippen LogP contribution < -0.4 is 0 Å². The van der Waals surface area contributed by atoms with E-state index >= 15 is 0 Å². The highest BCUT2D eigenvalue weighted by Gasteiger charge is 2.73. The lowest BCUT2D eigenvalue weighted by Gasteiger charge is -2.58. The van der Waals surface area contributed by atoms with Gasteiger partial charge in [0.05, 0.1) is 11.6 Å². The molecular weight excluding hydrogens is 384 g/mol. The molecule has 0 amide bonds. The van der Waals surface area contributed by atoms with Gasteiger partial charge in [0.15, 0.2) is 5.78 Å². The molecule has 4 aliphatic carbocycles. The third-order valence-electron chi connectivity index (χ3n) is 10.0. The fourth-order valence-electron chi connectivity index (χ4n) is 8.34. The van der Waals surface area contributed by atoms with Gasteiger partial charge in [-0.2, -0.15) is 5.26 Å². The molecule has 3 fully saturated rings. The first-order valence-corrected chi connectivity index (χ1v) is 11.9. The van der Waals surface area contributed by atoms with Crippen LogP contribution in [-0.4, -0.2) is 17.1 Å². The highest BCUT2D eigenvalue weighted by molar-refractivity contribution is 6.04. The maximum atomic E-state index is 12.1. The van der Waals surface area contributed by atoms with Crippen LogP contribution in [0.2, 0.25) is 0 Å². The van der Waals surface area contributed by atoms with Crippen LogP contribution in [0.5, 0.6) is 0 Å². The predicted molar refractivity (Wildman–Crippen MR) is 118 cm³/mol. The summed E-state index contributed by atoms with van der Waals surface area (Å²) in [6.45, 7) is 4.71. The van der Waals surface area contributed by atoms with Crippen molar-refractivity contribution in [2.24, 2.45) is 39.7 Å². The summed E-state index contributed by atoms with van der Waals surface area (Å²) < 4.78 is 0. The Kier molecular flexibility index (Phi) is 3.93. The summed E-state index contributed by atoms with van der Waals surface area (Å²) in [6, 6.07) is 12.9. The molecule has 0 aromatic heterocycles. The summed E-state index contributed by atoms with van der Waals surface area (Å²) in [5.74, 6) is 1.99. The molecule has 1 aromatic carbocycles. The van der Waals surface area contributed by atoms with Crippen LogP contribution in [0.3, 0.4) is 0 Å². The van der Waals surface area contributed by atoms with Crippen LogP contribution in [0.4, 0.5) is 0 Å². The van der Waals surface area contributed by atoms with Gasteiger partial charge in [-0.05, 0) is 73.3 Å². The van der Waals surface area contributed by atoms with E-state index in [2.05, 4.69) is 37.2 Å². The van der Waals surface area contributed by atoms with Gasteiger partial charge in [0.2, 0.25) is 5.60 Å². The smallest absolute Gasteiger partial charge is 0.236 e. The average molecular weight is 415 g/mol. The number of carbonyl (C=O) groups is 1. The summed E-state index contributed by atoms with van der Waals surface area (Å²) in [6.07, 6.45) is 8.89. The molecular formula is C27H30N2O2. The second kappa shape index (κ2) is 6.31. The van der Waals surface area contributed by atoms with E-state index in [0.717, 1.165) is 49.8 Å². The van der Waals surface area contributed by atoms with E-state index in [9.17, 15) is 10.1 Å². The molecule has 160 valence electrons. The van der Waals surface area contributed by atoms with E-state index in [1.807, 2.05) is 24.3 Å². The monoisotopic (exact) mass is 414 g/mol. The number of rotatable bonds is 1. The van der Waals surface area contributed by atoms with Crippen LogP contribution in [0.15, 0.2) is 47.1 Å². The molecule has 0 radical (unpaired) electrons. The van der Waals surface area contributed by atoms with Gasteiger partial charge in [-0.3, -0.25) is 4.79 Å². The lowest BCUT2D eigenvalue weighted by Crippen LogP contribution is -2.55. The number of hydrogen-bond acceptors (Lipinski definition) is 4. The van der Waals surface area contributed by atoms with Gasteiger partial charge in [0.1, 0.15) is 6.07 Å². The van der Waals surface area contributed by atoms with Gasteiger partial charge < -0.3 is 4.84 Å². The number of hydrogen-bond donors (Lipinski definition) is 0. The van der Waals surface area contributed by atoms with Gasteiger partial charge in [0, 0.05) is 11.8 Å². The Bertz CT molecular complexity index is 1050. The maximum absolute atomic E-state index is 12.1. The first-order chi connectivity index (χ1) is 14.9.